The first-order valence-electron chi connectivity index (χ1n) is 4.02. The number of nitrogens with two attached hydrogens (primary N) is 2. The van der Waals surface area contributed by atoms with Gasteiger partial charge >= 0.3 is 0 Å². The van der Waals surface area contributed by atoms with E-state index in [1.165, 1.54) is 5.56 Å². The average Bonchev–Trinajstić information content (AvgIpc) is 2.35. The first-order chi connectivity index (χ1) is 5.68. The third-order valence-electron chi connectivity index (χ3n) is 2.38. The van der Waals surface area contributed by atoms with Crippen molar-refractivity contribution in [3.8, 4) is 0 Å². The second-order valence-electron chi connectivity index (χ2n) is 3.22. The van der Waals surface area contributed by atoms with Gasteiger partial charge in [-0.05, 0) is 36.1 Å². The lowest BCUT2D eigenvalue weighted by molar-refractivity contribution is 0.713. The van der Waals surface area contributed by atoms with Crippen molar-refractivity contribution in [3.05, 3.63) is 28.3 Å². The highest BCUT2D eigenvalue weighted by Crippen LogP contribution is 2.34. The van der Waals surface area contributed by atoms with Gasteiger partial charge in [-0.15, -0.1) is 0 Å². The highest BCUT2D eigenvalue weighted by atomic mass is 35.5. The zero-order valence-electron chi connectivity index (χ0n) is 6.68. The molecule has 0 spiro atoms. The average molecular weight is 183 g/mol. The van der Waals surface area contributed by atoms with Gasteiger partial charge in [0.25, 0.3) is 0 Å². The maximum absolute atomic E-state index is 5.88. The lowest BCUT2D eigenvalue weighted by Gasteiger charge is -2.06. The van der Waals surface area contributed by atoms with Gasteiger partial charge in [0.1, 0.15) is 0 Å². The molecule has 0 bridgehead atoms. The third-order valence-corrected chi connectivity index (χ3v) is 2.71. The van der Waals surface area contributed by atoms with Gasteiger partial charge in [-0.3, -0.25) is 0 Å². The van der Waals surface area contributed by atoms with E-state index in [0.29, 0.717) is 10.7 Å². The summed E-state index contributed by atoms with van der Waals surface area (Å²) in [7, 11) is 0. The van der Waals surface area contributed by atoms with Crippen LogP contribution in [0.2, 0.25) is 5.02 Å². The molecule has 1 unspecified atom stereocenters. The van der Waals surface area contributed by atoms with Crippen LogP contribution in [-0.4, -0.2) is 0 Å². The molecule has 1 aliphatic carbocycles. The van der Waals surface area contributed by atoms with Crippen LogP contribution in [-0.2, 0) is 6.42 Å². The molecule has 2 nitrogen and oxygen atoms in total. The topological polar surface area (TPSA) is 52.0 Å². The molecule has 1 aliphatic rings. The number of anilines is 1. The van der Waals surface area contributed by atoms with Crippen LogP contribution in [0, 0.1) is 0 Å². The number of hydrogen-bond acceptors (Lipinski definition) is 2. The molecule has 0 fully saturated rings. The summed E-state index contributed by atoms with van der Waals surface area (Å²) in [5.41, 5.74) is 14.6. The predicted octanol–water partition coefficient (Wildman–Crippen LogP) is 1.87. The first-order valence-corrected chi connectivity index (χ1v) is 4.39. The van der Waals surface area contributed by atoms with E-state index in [2.05, 4.69) is 0 Å². The van der Waals surface area contributed by atoms with Crippen molar-refractivity contribution >= 4 is 17.3 Å². The summed E-state index contributed by atoms with van der Waals surface area (Å²) in [5, 5.41) is 0.617. The van der Waals surface area contributed by atoms with Crippen LogP contribution >= 0.6 is 11.6 Å². The Morgan fingerprint density at radius 1 is 1.42 bits per heavy atom. The van der Waals surface area contributed by atoms with Gasteiger partial charge in [-0.1, -0.05) is 11.6 Å². The molecule has 1 aromatic carbocycles. The quantitative estimate of drug-likeness (QED) is 0.602. The fourth-order valence-corrected chi connectivity index (χ4v) is 1.85. The molecule has 12 heavy (non-hydrogen) atoms. The lowest BCUT2D eigenvalue weighted by Crippen LogP contribution is -2.05. The fourth-order valence-electron chi connectivity index (χ4n) is 1.68. The highest BCUT2D eigenvalue weighted by molar-refractivity contribution is 6.33. The molecule has 0 saturated carbocycles. The van der Waals surface area contributed by atoms with Crippen molar-refractivity contribution in [1.82, 2.24) is 0 Å². The maximum atomic E-state index is 5.88. The fraction of sp³-hybridized carbons (Fsp3) is 0.333. The van der Waals surface area contributed by atoms with Crippen LogP contribution in [0.5, 0.6) is 0 Å². The van der Waals surface area contributed by atoms with Crippen LogP contribution < -0.4 is 11.5 Å². The Morgan fingerprint density at radius 2 is 2.17 bits per heavy atom. The van der Waals surface area contributed by atoms with Crippen molar-refractivity contribution in [2.45, 2.75) is 18.9 Å². The minimum atomic E-state index is 0.151. The van der Waals surface area contributed by atoms with Crippen molar-refractivity contribution in [2.24, 2.45) is 5.73 Å². The highest BCUT2D eigenvalue weighted by Gasteiger charge is 2.19. The zero-order chi connectivity index (χ0) is 8.72. The van der Waals surface area contributed by atoms with Crippen molar-refractivity contribution in [3.63, 3.8) is 0 Å². The molecule has 64 valence electrons. The summed E-state index contributed by atoms with van der Waals surface area (Å²) in [6.07, 6.45) is 2.03. The lowest BCUT2D eigenvalue weighted by atomic mass is 10.1. The van der Waals surface area contributed by atoms with Crippen LogP contribution in [0.15, 0.2) is 12.1 Å². The van der Waals surface area contributed by atoms with Crippen LogP contribution in [0.1, 0.15) is 23.6 Å². The first kappa shape index (κ1) is 7.90. The number of hydrogen-bond donors (Lipinski definition) is 2. The summed E-state index contributed by atoms with van der Waals surface area (Å²) < 4.78 is 0. The van der Waals surface area contributed by atoms with Crippen molar-refractivity contribution < 1.29 is 0 Å². The standard InChI is InChI=1S/C9H11ClN2/c10-7-4-6-5(3-9(7)12)1-2-8(6)11/h3-4,8H,1-2,11-12H2. The van der Waals surface area contributed by atoms with E-state index < -0.39 is 0 Å². The van der Waals surface area contributed by atoms with E-state index >= 15 is 0 Å². The minimum Gasteiger partial charge on any atom is -0.398 e. The summed E-state index contributed by atoms with van der Waals surface area (Å²) in [5.74, 6) is 0. The van der Waals surface area contributed by atoms with Gasteiger partial charge in [0.15, 0.2) is 0 Å². The number of fused-ring (bicyclic) bond motifs is 1. The number of halogens is 1. The molecular weight excluding hydrogens is 172 g/mol. The van der Waals surface area contributed by atoms with E-state index in [9.17, 15) is 0 Å². The Labute approximate surface area is 76.5 Å². The van der Waals surface area contributed by atoms with E-state index in [1.807, 2.05) is 12.1 Å². The van der Waals surface area contributed by atoms with Crippen LogP contribution in [0.25, 0.3) is 0 Å². The van der Waals surface area contributed by atoms with Gasteiger partial charge in [-0.25, -0.2) is 0 Å². The number of rotatable bonds is 0. The molecular formula is C9H11ClN2. The molecule has 0 radical (unpaired) electrons. The van der Waals surface area contributed by atoms with Gasteiger partial charge in [0.05, 0.1) is 10.7 Å². The van der Waals surface area contributed by atoms with Crippen molar-refractivity contribution in [1.29, 1.82) is 0 Å². The smallest absolute Gasteiger partial charge is 0.0638 e. The van der Waals surface area contributed by atoms with Crippen molar-refractivity contribution in [2.75, 3.05) is 5.73 Å². The molecule has 2 rings (SSSR count). The Kier molecular flexibility index (Phi) is 1.74. The van der Waals surface area contributed by atoms with E-state index in [0.717, 1.165) is 18.4 Å². The monoisotopic (exact) mass is 182 g/mol. The molecule has 1 aromatic rings. The third kappa shape index (κ3) is 1.08. The molecule has 0 heterocycles. The van der Waals surface area contributed by atoms with E-state index in [1.54, 1.807) is 0 Å². The Balaban J connectivity index is 2.56. The predicted molar refractivity (Wildman–Crippen MR) is 51.1 cm³/mol. The maximum Gasteiger partial charge on any atom is 0.0638 e. The molecule has 1 atom stereocenters. The van der Waals surface area contributed by atoms with Crippen LogP contribution in [0.4, 0.5) is 5.69 Å². The molecule has 4 N–H and O–H groups in total. The number of benzene rings is 1. The van der Waals surface area contributed by atoms with Crippen LogP contribution in [0.3, 0.4) is 0 Å². The van der Waals surface area contributed by atoms with Gasteiger partial charge < -0.3 is 11.5 Å². The molecule has 0 aliphatic heterocycles. The minimum absolute atomic E-state index is 0.151. The normalized spacial score (nSPS) is 21.0. The zero-order valence-corrected chi connectivity index (χ0v) is 7.43. The Morgan fingerprint density at radius 3 is 2.92 bits per heavy atom. The van der Waals surface area contributed by atoms with E-state index in [4.69, 9.17) is 23.1 Å². The van der Waals surface area contributed by atoms with E-state index in [-0.39, 0.29) is 6.04 Å². The summed E-state index contributed by atoms with van der Waals surface area (Å²) in [6.45, 7) is 0. The number of nitrogen functional groups attached to an aromatic ring is 1. The molecule has 3 heteroatoms. The van der Waals surface area contributed by atoms with Gasteiger partial charge in [0.2, 0.25) is 0 Å². The molecule has 0 saturated heterocycles. The SMILES string of the molecule is Nc1cc2c(cc1Cl)C(N)CC2. The summed E-state index contributed by atoms with van der Waals surface area (Å²) in [4.78, 5) is 0. The molecule has 0 aromatic heterocycles. The second kappa shape index (κ2) is 2.64. The van der Waals surface area contributed by atoms with Gasteiger partial charge in [0, 0.05) is 6.04 Å². The second-order valence-corrected chi connectivity index (χ2v) is 3.62. The Bertz CT molecular complexity index is 323. The summed E-state index contributed by atoms with van der Waals surface area (Å²) >= 11 is 5.88. The summed E-state index contributed by atoms with van der Waals surface area (Å²) in [6, 6.07) is 3.98. The molecule has 0 amide bonds. The largest absolute Gasteiger partial charge is 0.398 e. The van der Waals surface area contributed by atoms with Gasteiger partial charge in [-0.2, -0.15) is 0 Å². The number of aryl methyl sites for hydroxylation is 1. The Hall–Kier alpha value is -0.730.